The van der Waals surface area contributed by atoms with Gasteiger partial charge in [-0.15, -0.1) is 0 Å². The van der Waals surface area contributed by atoms with E-state index in [-0.39, 0.29) is 18.5 Å². The highest BCUT2D eigenvalue weighted by Gasteiger charge is 2.41. The molecule has 1 aromatic heterocycles. The van der Waals surface area contributed by atoms with Crippen molar-refractivity contribution in [3.8, 4) is 16.9 Å². The topological polar surface area (TPSA) is 63.9 Å². The van der Waals surface area contributed by atoms with Gasteiger partial charge in [-0.3, -0.25) is 4.79 Å². The molecule has 6 nitrogen and oxygen atoms in total. The molecule has 0 radical (unpaired) electrons. The van der Waals surface area contributed by atoms with Crippen LogP contribution in [0.3, 0.4) is 0 Å². The highest BCUT2D eigenvalue weighted by atomic mass is 35.5. The summed E-state index contributed by atoms with van der Waals surface area (Å²) in [5, 5.41) is 11.5. The normalized spacial score (nSPS) is 19.6. The summed E-state index contributed by atoms with van der Waals surface area (Å²) in [5.74, 6) is -0.210. The fourth-order valence-electron chi connectivity index (χ4n) is 5.73. The summed E-state index contributed by atoms with van der Waals surface area (Å²) in [7, 11) is 2.10. The van der Waals surface area contributed by atoms with Gasteiger partial charge in [0, 0.05) is 28.7 Å². The zero-order chi connectivity index (χ0) is 24.5. The average molecular weight is 483 g/mol. The average Bonchev–Trinajstić information content (AvgIpc) is 3.32. The smallest absolute Gasteiger partial charge is 0.307 e. The first kappa shape index (κ1) is 23.1. The fourth-order valence-corrected chi connectivity index (χ4v) is 5.89. The molecule has 2 aliphatic rings. The van der Waals surface area contributed by atoms with Gasteiger partial charge in [0.1, 0.15) is 11.4 Å². The van der Waals surface area contributed by atoms with Crippen LogP contribution in [0, 0.1) is 13.8 Å². The maximum atomic E-state index is 12.1. The number of likely N-dealkylation sites (N-methyl/N-ethyl adjacent to an activating group) is 1. The van der Waals surface area contributed by atoms with E-state index in [1.165, 1.54) is 0 Å². The van der Waals surface area contributed by atoms with Crippen molar-refractivity contribution in [2.45, 2.75) is 58.7 Å². The number of carboxylic acids is 1. The van der Waals surface area contributed by atoms with Gasteiger partial charge in [-0.25, -0.2) is 0 Å². The molecule has 2 atom stereocenters. The third kappa shape index (κ3) is 3.55. The van der Waals surface area contributed by atoms with Crippen LogP contribution in [0.5, 0.6) is 5.75 Å². The van der Waals surface area contributed by atoms with Gasteiger partial charge in [0.2, 0.25) is 0 Å². The Balaban J connectivity index is 1.90. The monoisotopic (exact) mass is 482 g/mol. The van der Waals surface area contributed by atoms with E-state index in [1.807, 2.05) is 45.9 Å². The summed E-state index contributed by atoms with van der Waals surface area (Å²) in [6.45, 7) is 11.5. The van der Waals surface area contributed by atoms with Gasteiger partial charge in [-0.2, -0.15) is 0 Å². The molecular formula is C27H31ClN2O4. The molecule has 0 spiro atoms. The molecule has 180 valence electrons. The zero-order valence-corrected chi connectivity index (χ0v) is 21.3. The predicted octanol–water partition coefficient (Wildman–Crippen LogP) is 5.77. The van der Waals surface area contributed by atoms with Crippen LogP contribution < -0.4 is 9.64 Å². The molecule has 3 aromatic rings. The number of aryl methyl sites for hydroxylation is 1. The zero-order valence-electron chi connectivity index (χ0n) is 20.5. The Morgan fingerprint density at radius 1 is 1.21 bits per heavy atom. The minimum atomic E-state index is -0.861. The van der Waals surface area contributed by atoms with E-state index in [1.54, 1.807) is 0 Å². The SMILES string of the molecule is Cc1c(CC(=O)O)c(-c2ccc(Cl)cc2OC(C)(C)C)c2cc(C)n3c2c1N(C)C1COCC13. The minimum absolute atomic E-state index is 0.0790. The maximum absolute atomic E-state index is 12.1. The molecule has 1 saturated heterocycles. The van der Waals surface area contributed by atoms with Gasteiger partial charge in [0.25, 0.3) is 0 Å². The Labute approximate surface area is 205 Å². The molecule has 1 fully saturated rings. The van der Waals surface area contributed by atoms with Crippen molar-refractivity contribution in [1.29, 1.82) is 0 Å². The summed E-state index contributed by atoms with van der Waals surface area (Å²) in [4.78, 5) is 14.4. The summed E-state index contributed by atoms with van der Waals surface area (Å²) >= 11 is 6.37. The second-order valence-electron chi connectivity index (χ2n) is 10.5. The number of nitrogens with zero attached hydrogens (tertiary/aromatic N) is 2. The van der Waals surface area contributed by atoms with Crippen LogP contribution in [-0.4, -0.2) is 47.5 Å². The van der Waals surface area contributed by atoms with Gasteiger partial charge >= 0.3 is 5.97 Å². The van der Waals surface area contributed by atoms with Gasteiger partial charge < -0.3 is 24.0 Å². The number of carbonyl (C=O) groups is 1. The van der Waals surface area contributed by atoms with Crippen LogP contribution in [0.15, 0.2) is 24.3 Å². The van der Waals surface area contributed by atoms with Crippen molar-refractivity contribution in [1.82, 2.24) is 4.57 Å². The van der Waals surface area contributed by atoms with Crippen molar-refractivity contribution in [3.05, 3.63) is 46.1 Å². The number of benzene rings is 2. The fraction of sp³-hybridized carbons (Fsp3) is 0.444. The molecule has 2 aliphatic heterocycles. The molecule has 0 amide bonds. The largest absolute Gasteiger partial charge is 0.487 e. The third-order valence-electron chi connectivity index (χ3n) is 6.99. The first-order chi connectivity index (χ1) is 16.0. The predicted molar refractivity (Wildman–Crippen MR) is 136 cm³/mol. The number of ether oxygens (including phenoxy) is 2. The van der Waals surface area contributed by atoms with E-state index < -0.39 is 11.6 Å². The number of hydrogen-bond donors (Lipinski definition) is 1. The quantitative estimate of drug-likeness (QED) is 0.511. The van der Waals surface area contributed by atoms with Crippen molar-refractivity contribution >= 4 is 34.2 Å². The van der Waals surface area contributed by atoms with E-state index in [0.29, 0.717) is 24.0 Å². The van der Waals surface area contributed by atoms with Gasteiger partial charge in [0.05, 0.1) is 42.9 Å². The molecule has 0 aliphatic carbocycles. The lowest BCUT2D eigenvalue weighted by molar-refractivity contribution is -0.136. The van der Waals surface area contributed by atoms with Crippen molar-refractivity contribution in [2.24, 2.45) is 0 Å². The molecule has 5 rings (SSSR count). The second-order valence-corrected chi connectivity index (χ2v) is 10.9. The van der Waals surface area contributed by atoms with Crippen LogP contribution in [0.25, 0.3) is 22.0 Å². The van der Waals surface area contributed by atoms with Crippen molar-refractivity contribution < 1.29 is 19.4 Å². The number of aromatic nitrogens is 1. The highest BCUT2D eigenvalue weighted by molar-refractivity contribution is 6.31. The number of anilines is 1. The number of rotatable bonds is 4. The molecule has 7 heteroatoms. The second kappa shape index (κ2) is 7.92. The summed E-state index contributed by atoms with van der Waals surface area (Å²) < 4.78 is 14.6. The van der Waals surface area contributed by atoms with Gasteiger partial charge in [-0.1, -0.05) is 11.6 Å². The van der Waals surface area contributed by atoms with Crippen molar-refractivity contribution in [3.63, 3.8) is 0 Å². The third-order valence-corrected chi connectivity index (χ3v) is 7.23. The van der Waals surface area contributed by atoms with Crippen LogP contribution >= 0.6 is 11.6 Å². The lowest BCUT2D eigenvalue weighted by atomic mass is 9.87. The Morgan fingerprint density at radius 2 is 1.91 bits per heavy atom. The first-order valence-electron chi connectivity index (χ1n) is 11.7. The first-order valence-corrected chi connectivity index (χ1v) is 12.0. The Bertz CT molecular complexity index is 1320. The van der Waals surface area contributed by atoms with Crippen LogP contribution in [0.4, 0.5) is 5.69 Å². The van der Waals surface area contributed by atoms with E-state index >= 15 is 0 Å². The molecule has 2 aromatic carbocycles. The lowest BCUT2D eigenvalue weighted by Crippen LogP contribution is -2.42. The number of halogens is 1. The van der Waals surface area contributed by atoms with Crippen LogP contribution in [-0.2, 0) is 16.0 Å². The van der Waals surface area contributed by atoms with Gasteiger partial charge in [0.15, 0.2) is 0 Å². The molecule has 3 heterocycles. The molecule has 0 saturated carbocycles. The number of fused-ring (bicyclic) bond motifs is 2. The molecule has 2 unspecified atom stereocenters. The minimum Gasteiger partial charge on any atom is -0.487 e. The summed E-state index contributed by atoms with van der Waals surface area (Å²) in [6.07, 6.45) is -0.0790. The number of carboxylic acid groups (broad SMARTS) is 1. The molecule has 0 bridgehead atoms. The molecule has 34 heavy (non-hydrogen) atoms. The maximum Gasteiger partial charge on any atom is 0.307 e. The standard InChI is InChI=1S/C27H31ClN2O4/c1-14-9-19-24(17-8-7-16(28)10-22(17)34-27(3,4)5)18(11-23(31)32)15(2)25-26(19)30(14)21-13-33-12-20(21)29(25)6/h7-10,20-21H,11-13H2,1-6H3,(H,31,32). The molecule has 1 N–H and O–H groups in total. The van der Waals surface area contributed by atoms with E-state index in [2.05, 4.69) is 29.5 Å². The number of hydrogen-bond acceptors (Lipinski definition) is 4. The van der Waals surface area contributed by atoms with Crippen LogP contribution in [0.1, 0.15) is 43.6 Å². The van der Waals surface area contributed by atoms with Crippen molar-refractivity contribution in [2.75, 3.05) is 25.2 Å². The number of aliphatic carboxylic acids is 1. The summed E-state index contributed by atoms with van der Waals surface area (Å²) in [6, 6.07) is 8.25. The van der Waals surface area contributed by atoms with Crippen LogP contribution in [0.2, 0.25) is 5.02 Å². The summed E-state index contributed by atoms with van der Waals surface area (Å²) in [5.41, 5.74) is 6.46. The van der Waals surface area contributed by atoms with E-state index in [0.717, 1.165) is 44.5 Å². The highest BCUT2D eigenvalue weighted by Crippen LogP contribution is 2.50. The van der Waals surface area contributed by atoms with Gasteiger partial charge in [-0.05, 0) is 75.6 Å². The molecular weight excluding hydrogens is 452 g/mol. The lowest BCUT2D eigenvalue weighted by Gasteiger charge is -2.39. The van der Waals surface area contributed by atoms with E-state index in [9.17, 15) is 9.90 Å². The van der Waals surface area contributed by atoms with E-state index in [4.69, 9.17) is 21.1 Å². The Hall–Kier alpha value is -2.70. The Kier molecular flexibility index (Phi) is 5.37. The Morgan fingerprint density at radius 3 is 2.59 bits per heavy atom.